The van der Waals surface area contributed by atoms with Crippen molar-refractivity contribution in [2.24, 2.45) is 5.92 Å². The third kappa shape index (κ3) is 4.08. The number of ketones is 1. The molecule has 2 aromatic heterocycles. The predicted octanol–water partition coefficient (Wildman–Crippen LogP) is 5.20. The Hall–Kier alpha value is -3.35. The highest BCUT2D eigenvalue weighted by molar-refractivity contribution is 6.49. The van der Waals surface area contributed by atoms with Crippen molar-refractivity contribution in [3.63, 3.8) is 0 Å². The predicted molar refractivity (Wildman–Crippen MR) is 126 cm³/mol. The van der Waals surface area contributed by atoms with Crippen molar-refractivity contribution in [2.75, 3.05) is 11.4 Å². The number of nitrogens with one attached hydrogen (secondary N) is 1. The largest absolute Gasteiger partial charge is 0.349 e. The zero-order valence-corrected chi connectivity index (χ0v) is 19.0. The molecule has 5 rings (SSSR count). The molecule has 1 saturated carbocycles. The van der Waals surface area contributed by atoms with E-state index in [0.717, 1.165) is 61.2 Å². The van der Waals surface area contributed by atoms with Crippen LogP contribution in [0.1, 0.15) is 61.8 Å². The highest BCUT2D eigenvalue weighted by atomic mass is 19.1. The lowest BCUT2D eigenvalue weighted by molar-refractivity contribution is -0.108. The highest BCUT2D eigenvalue weighted by Crippen LogP contribution is 2.37. The Balaban J connectivity index is 1.46. The van der Waals surface area contributed by atoms with Gasteiger partial charge in [0.05, 0.1) is 17.8 Å². The average Bonchev–Trinajstić information content (AvgIpc) is 3.54. The summed E-state index contributed by atoms with van der Waals surface area (Å²) < 4.78 is 15.6. The number of hydrogen-bond donors (Lipinski definition) is 1. The fourth-order valence-electron chi connectivity index (χ4n) is 5.14. The van der Waals surface area contributed by atoms with E-state index >= 15 is 0 Å². The van der Waals surface area contributed by atoms with E-state index in [1.54, 1.807) is 22.9 Å². The van der Waals surface area contributed by atoms with Crippen molar-refractivity contribution in [1.82, 2.24) is 14.6 Å². The topological polar surface area (TPSA) is 74.3 Å². The summed E-state index contributed by atoms with van der Waals surface area (Å²) in [7, 11) is 0. The second-order valence-electron chi connectivity index (χ2n) is 9.35. The molecular weight excluding hydrogens is 417 g/mol. The van der Waals surface area contributed by atoms with E-state index in [0.29, 0.717) is 17.1 Å². The molecule has 1 N–H and O–H groups in total. The van der Waals surface area contributed by atoms with E-state index in [9.17, 15) is 9.18 Å². The van der Waals surface area contributed by atoms with Crippen molar-refractivity contribution < 1.29 is 9.18 Å². The summed E-state index contributed by atoms with van der Waals surface area (Å²) in [5, 5.41) is 12.8. The number of halogens is 1. The van der Waals surface area contributed by atoms with Gasteiger partial charge in [0.25, 0.3) is 0 Å². The van der Waals surface area contributed by atoms with E-state index in [-0.39, 0.29) is 23.4 Å². The molecule has 33 heavy (non-hydrogen) atoms. The summed E-state index contributed by atoms with van der Waals surface area (Å²) >= 11 is 0. The summed E-state index contributed by atoms with van der Waals surface area (Å²) in [6.45, 7) is 5.00. The van der Waals surface area contributed by atoms with E-state index in [2.05, 4.69) is 16.9 Å². The normalized spacial score (nSPS) is 21.9. The average molecular weight is 446 g/mol. The van der Waals surface area contributed by atoms with Crippen LogP contribution in [0.25, 0.3) is 5.65 Å². The minimum atomic E-state index is -0.296. The number of nitrogens with zero attached hydrogens (tertiary/aromatic N) is 4. The van der Waals surface area contributed by atoms with Crippen LogP contribution in [0.3, 0.4) is 0 Å². The van der Waals surface area contributed by atoms with E-state index < -0.39 is 0 Å². The molecule has 170 valence electrons. The van der Waals surface area contributed by atoms with Gasteiger partial charge in [-0.25, -0.2) is 13.9 Å². The zero-order chi connectivity index (χ0) is 23.1. The van der Waals surface area contributed by atoms with Gasteiger partial charge < -0.3 is 4.90 Å². The Bertz CT molecular complexity index is 1280. The summed E-state index contributed by atoms with van der Waals surface area (Å²) in [5.74, 6) is 0.811. The summed E-state index contributed by atoms with van der Waals surface area (Å²) in [4.78, 5) is 19.8. The molecule has 1 saturated heterocycles. The third-order valence-electron chi connectivity index (χ3n) is 6.92. The van der Waals surface area contributed by atoms with E-state index in [4.69, 9.17) is 10.4 Å². The summed E-state index contributed by atoms with van der Waals surface area (Å²) in [6, 6.07) is 6.86. The van der Waals surface area contributed by atoms with Crippen LogP contribution in [-0.4, -0.2) is 32.6 Å². The Labute approximate surface area is 192 Å². The first-order valence-corrected chi connectivity index (χ1v) is 11.6. The molecule has 0 radical (unpaired) electrons. The Kier molecular flexibility index (Phi) is 5.56. The Morgan fingerprint density at radius 1 is 1.27 bits per heavy atom. The minimum absolute atomic E-state index is 0.0391. The van der Waals surface area contributed by atoms with Gasteiger partial charge in [0.2, 0.25) is 5.78 Å². The number of aryl methyl sites for hydroxylation is 1. The van der Waals surface area contributed by atoms with Gasteiger partial charge in [-0.2, -0.15) is 5.10 Å². The molecule has 2 aliphatic rings. The number of allylic oxidation sites excluding steroid dienone is 2. The first-order valence-electron chi connectivity index (χ1n) is 11.6. The standard InChI is InChI=1S/C26H28FN5O/c1-16-5-7-18(12-16)13-23(33)25(28)21-15-29-32-11-9-24(30-26(21)32)31-10-3-4-22(31)20-14-19(27)8-6-17(20)2/h6,8-9,11,13-16,22,28H,3-5,7,10,12H2,1-2H3/b18-13-,28-25?/t16-,22+/m0/s1. The summed E-state index contributed by atoms with van der Waals surface area (Å²) in [6.07, 6.45) is 9.82. The number of fused-ring (bicyclic) bond motifs is 1. The minimum Gasteiger partial charge on any atom is -0.349 e. The molecule has 6 nitrogen and oxygen atoms in total. The van der Waals surface area contributed by atoms with E-state index in [1.807, 2.05) is 25.3 Å². The highest BCUT2D eigenvalue weighted by Gasteiger charge is 2.29. The van der Waals surface area contributed by atoms with Gasteiger partial charge in [-0.3, -0.25) is 10.2 Å². The quantitative estimate of drug-likeness (QED) is 0.433. The monoisotopic (exact) mass is 445 g/mol. The lowest BCUT2D eigenvalue weighted by atomic mass is 9.99. The maximum absolute atomic E-state index is 14.0. The van der Waals surface area contributed by atoms with E-state index in [1.165, 1.54) is 6.07 Å². The molecule has 0 bridgehead atoms. The number of anilines is 1. The van der Waals surface area contributed by atoms with Gasteiger partial charge in [0.1, 0.15) is 17.3 Å². The van der Waals surface area contributed by atoms with Crippen LogP contribution in [0, 0.1) is 24.1 Å². The fraction of sp³-hybridized carbons (Fsp3) is 0.385. The maximum atomic E-state index is 14.0. The number of carbonyl (C=O) groups excluding carboxylic acids is 1. The van der Waals surface area contributed by atoms with Gasteiger partial charge in [-0.05, 0) is 80.3 Å². The van der Waals surface area contributed by atoms with Gasteiger partial charge in [0, 0.05) is 12.7 Å². The molecule has 1 aliphatic carbocycles. The number of hydrogen-bond acceptors (Lipinski definition) is 5. The van der Waals surface area contributed by atoms with Crippen molar-refractivity contribution >= 4 is 23.0 Å². The van der Waals surface area contributed by atoms with Crippen LogP contribution in [-0.2, 0) is 4.79 Å². The first-order chi connectivity index (χ1) is 15.9. The fourth-order valence-corrected chi connectivity index (χ4v) is 5.14. The lowest BCUT2D eigenvalue weighted by Crippen LogP contribution is -2.24. The third-order valence-corrected chi connectivity index (χ3v) is 6.92. The number of aromatic nitrogens is 3. The lowest BCUT2D eigenvalue weighted by Gasteiger charge is -2.27. The molecular formula is C26H28FN5O. The van der Waals surface area contributed by atoms with Crippen LogP contribution < -0.4 is 4.90 Å². The van der Waals surface area contributed by atoms with Gasteiger partial charge >= 0.3 is 0 Å². The smallest absolute Gasteiger partial charge is 0.204 e. The number of carbonyl (C=O) groups is 1. The molecule has 2 atom stereocenters. The van der Waals surface area contributed by atoms with Gasteiger partial charge in [0.15, 0.2) is 5.65 Å². The zero-order valence-electron chi connectivity index (χ0n) is 19.0. The molecule has 0 amide bonds. The number of rotatable bonds is 5. The van der Waals surface area contributed by atoms with Crippen molar-refractivity contribution in [3.05, 3.63) is 70.8 Å². The van der Waals surface area contributed by atoms with Crippen LogP contribution in [0.5, 0.6) is 0 Å². The van der Waals surface area contributed by atoms with Gasteiger partial charge in [-0.1, -0.05) is 18.6 Å². The Morgan fingerprint density at radius 3 is 2.91 bits per heavy atom. The number of benzene rings is 1. The van der Waals surface area contributed by atoms with Crippen molar-refractivity contribution in [3.8, 4) is 0 Å². The molecule has 3 heterocycles. The second kappa shape index (κ2) is 8.54. The summed E-state index contributed by atoms with van der Waals surface area (Å²) in [5.41, 5.74) is 3.99. The van der Waals surface area contributed by atoms with Crippen LogP contribution in [0.15, 0.2) is 48.3 Å². The van der Waals surface area contributed by atoms with Crippen LogP contribution in [0.2, 0.25) is 0 Å². The molecule has 3 aromatic rings. The molecule has 0 unspecified atom stereocenters. The molecule has 0 spiro atoms. The van der Waals surface area contributed by atoms with Crippen LogP contribution in [0.4, 0.5) is 10.2 Å². The molecule has 1 aliphatic heterocycles. The van der Waals surface area contributed by atoms with Gasteiger partial charge in [-0.15, -0.1) is 0 Å². The maximum Gasteiger partial charge on any atom is 0.204 e. The van der Waals surface area contributed by atoms with Crippen LogP contribution >= 0.6 is 0 Å². The second-order valence-corrected chi connectivity index (χ2v) is 9.35. The van der Waals surface area contributed by atoms with Crippen molar-refractivity contribution in [2.45, 2.75) is 52.0 Å². The van der Waals surface area contributed by atoms with Crippen molar-refractivity contribution in [1.29, 1.82) is 5.41 Å². The molecule has 2 fully saturated rings. The molecule has 7 heteroatoms. The molecule has 1 aromatic carbocycles. The first kappa shape index (κ1) is 21.5. The Morgan fingerprint density at radius 2 is 2.12 bits per heavy atom. The SMILES string of the molecule is Cc1ccc(F)cc1[C@H]1CCCN1c1ccn2ncc(C(=N)C(=O)/C=C3/CC[C@H](C)C3)c2n1.